The fourth-order valence-electron chi connectivity index (χ4n) is 1.85. The van der Waals surface area contributed by atoms with E-state index in [1.807, 2.05) is 48.5 Å². The van der Waals surface area contributed by atoms with Gasteiger partial charge in [0.25, 0.3) is 0 Å². The summed E-state index contributed by atoms with van der Waals surface area (Å²) in [6, 6.07) is 18.6. The van der Waals surface area contributed by atoms with E-state index < -0.39 is 0 Å². The second-order valence-corrected chi connectivity index (χ2v) is 4.30. The van der Waals surface area contributed by atoms with Gasteiger partial charge in [0.05, 0.1) is 12.1 Å². The number of ketones is 1. The van der Waals surface area contributed by atoms with Crippen molar-refractivity contribution in [2.75, 3.05) is 0 Å². The van der Waals surface area contributed by atoms with Crippen molar-refractivity contribution in [2.24, 2.45) is 0 Å². The first-order valence-electron chi connectivity index (χ1n) is 6.25. The van der Waals surface area contributed by atoms with Crippen LogP contribution in [0.25, 0.3) is 5.69 Å². The van der Waals surface area contributed by atoms with Crippen molar-refractivity contribution >= 4 is 5.78 Å². The molecule has 0 radical (unpaired) electrons. The Morgan fingerprint density at radius 1 is 0.952 bits per heavy atom. The number of benzene rings is 2. The molecule has 5 heteroatoms. The van der Waals surface area contributed by atoms with Gasteiger partial charge in [-0.05, 0) is 17.3 Å². The van der Waals surface area contributed by atoms with Crippen LogP contribution >= 0.6 is 0 Å². The van der Waals surface area contributed by atoms with E-state index in [-0.39, 0.29) is 19.6 Å². The van der Waals surface area contributed by atoms with E-state index in [0.29, 0.717) is 11.4 Å². The number of carbonyl (C=O) groups excluding carboxylic acids is 1. The Bertz CT molecular complexity index is 707. The fourth-order valence-corrected chi connectivity index (χ4v) is 1.85. The van der Waals surface area contributed by atoms with Gasteiger partial charge in [-0.3, -0.25) is 4.79 Å². The van der Waals surface area contributed by atoms with Gasteiger partial charge in [0, 0.05) is 5.56 Å². The van der Waals surface area contributed by atoms with Crippen LogP contribution in [-0.4, -0.2) is 26.0 Å². The summed E-state index contributed by atoms with van der Waals surface area (Å²) in [5, 5.41) is 12.1. The number of carbonyl (C=O) groups is 1. The topological polar surface area (TPSA) is 60.7 Å². The summed E-state index contributed by atoms with van der Waals surface area (Å²) in [6.45, 7) is 0. The summed E-state index contributed by atoms with van der Waals surface area (Å²) in [5.41, 5.74) is 1.47. The molecule has 2 aromatic carbocycles. The molecular formula is C16H16N4O. The maximum absolute atomic E-state index is 12.0. The van der Waals surface area contributed by atoms with Crippen LogP contribution in [0.2, 0.25) is 0 Å². The molecule has 0 N–H and O–H groups in total. The van der Waals surface area contributed by atoms with E-state index in [1.54, 1.807) is 12.1 Å². The highest BCUT2D eigenvalue weighted by molar-refractivity contribution is 5.97. The molecule has 0 aliphatic carbocycles. The smallest absolute Gasteiger partial charge is 0.182 e. The predicted molar refractivity (Wildman–Crippen MR) is 80.4 cm³/mol. The normalized spacial score (nSPS) is 9.90. The molecule has 1 heterocycles. The number of tetrazole rings is 1. The molecule has 0 unspecified atom stereocenters. The second kappa shape index (κ2) is 6.56. The number of aromatic nitrogens is 4. The highest BCUT2D eigenvalue weighted by atomic mass is 16.1. The standard InChI is InChI=1S/C15H12N4O.CH4/c20-14(12-7-3-1-4-8-12)11-15-16-18-19(17-15)13-9-5-2-6-10-13;/h1-10H,11H2;1H4. The molecule has 0 fully saturated rings. The monoisotopic (exact) mass is 280 g/mol. The second-order valence-electron chi connectivity index (χ2n) is 4.30. The first kappa shape index (κ1) is 14.6. The lowest BCUT2D eigenvalue weighted by atomic mass is 10.1. The van der Waals surface area contributed by atoms with Crippen LogP contribution in [-0.2, 0) is 6.42 Å². The first-order chi connectivity index (χ1) is 9.83. The SMILES string of the molecule is C.O=C(Cc1nnn(-c2ccccc2)n1)c1ccccc1. The third-order valence-corrected chi connectivity index (χ3v) is 2.86. The minimum atomic E-state index is -0.0155. The van der Waals surface area contributed by atoms with Crippen LogP contribution in [0.15, 0.2) is 60.7 Å². The number of hydrogen-bond donors (Lipinski definition) is 0. The van der Waals surface area contributed by atoms with Crippen LogP contribution in [0.1, 0.15) is 23.6 Å². The molecule has 0 amide bonds. The summed E-state index contributed by atoms with van der Waals surface area (Å²) >= 11 is 0. The Kier molecular flexibility index (Phi) is 4.56. The molecule has 3 rings (SSSR count). The van der Waals surface area contributed by atoms with Gasteiger partial charge in [-0.2, -0.15) is 0 Å². The van der Waals surface area contributed by atoms with E-state index in [2.05, 4.69) is 15.4 Å². The van der Waals surface area contributed by atoms with E-state index in [0.717, 1.165) is 5.69 Å². The summed E-state index contributed by atoms with van der Waals surface area (Å²) in [6.07, 6.45) is 0.150. The molecule has 0 spiro atoms. The Morgan fingerprint density at radius 2 is 1.57 bits per heavy atom. The van der Waals surface area contributed by atoms with Gasteiger partial charge < -0.3 is 0 Å². The summed E-state index contributed by atoms with van der Waals surface area (Å²) < 4.78 is 0. The van der Waals surface area contributed by atoms with E-state index >= 15 is 0 Å². The summed E-state index contributed by atoms with van der Waals surface area (Å²) in [4.78, 5) is 13.5. The third kappa shape index (κ3) is 3.39. The van der Waals surface area contributed by atoms with Crippen molar-refractivity contribution < 1.29 is 4.79 Å². The molecule has 0 bridgehead atoms. The average molecular weight is 280 g/mol. The number of Topliss-reactive ketones (excluding diaryl/α,β-unsaturated/α-hetero) is 1. The Labute approximate surface area is 123 Å². The van der Waals surface area contributed by atoms with Crippen LogP contribution in [0.3, 0.4) is 0 Å². The van der Waals surface area contributed by atoms with E-state index in [4.69, 9.17) is 0 Å². The Balaban J connectivity index is 0.00000161. The number of rotatable bonds is 4. The molecule has 5 nitrogen and oxygen atoms in total. The minimum Gasteiger partial charge on any atom is -0.294 e. The van der Waals surface area contributed by atoms with Crippen molar-refractivity contribution in [1.82, 2.24) is 20.2 Å². The molecule has 0 aliphatic heterocycles. The first-order valence-corrected chi connectivity index (χ1v) is 6.25. The lowest BCUT2D eigenvalue weighted by molar-refractivity contribution is 0.0990. The van der Waals surface area contributed by atoms with E-state index in [1.165, 1.54) is 4.80 Å². The van der Waals surface area contributed by atoms with Crippen molar-refractivity contribution in [1.29, 1.82) is 0 Å². The predicted octanol–water partition coefficient (Wildman–Crippen LogP) is 2.72. The van der Waals surface area contributed by atoms with E-state index in [9.17, 15) is 4.79 Å². The summed E-state index contributed by atoms with van der Waals surface area (Å²) in [7, 11) is 0. The average Bonchev–Trinajstić information content (AvgIpc) is 2.97. The lowest BCUT2D eigenvalue weighted by Crippen LogP contribution is -2.05. The maximum atomic E-state index is 12.0. The Morgan fingerprint density at radius 3 is 2.24 bits per heavy atom. The van der Waals surface area contributed by atoms with Gasteiger partial charge in [-0.15, -0.1) is 15.0 Å². The number of hydrogen-bond acceptors (Lipinski definition) is 4. The largest absolute Gasteiger partial charge is 0.294 e. The minimum absolute atomic E-state index is 0. The van der Waals surface area contributed by atoms with Crippen molar-refractivity contribution in [3.63, 3.8) is 0 Å². The van der Waals surface area contributed by atoms with Crippen LogP contribution in [0.5, 0.6) is 0 Å². The zero-order valence-electron chi connectivity index (χ0n) is 10.7. The van der Waals surface area contributed by atoms with Gasteiger partial charge >= 0.3 is 0 Å². The summed E-state index contributed by atoms with van der Waals surface area (Å²) in [5.74, 6) is 0.404. The molecule has 0 aliphatic rings. The van der Waals surface area contributed by atoms with Gasteiger partial charge in [0.15, 0.2) is 11.6 Å². The molecular weight excluding hydrogens is 264 g/mol. The van der Waals surface area contributed by atoms with Gasteiger partial charge in [-0.1, -0.05) is 56.0 Å². The third-order valence-electron chi connectivity index (χ3n) is 2.86. The zero-order chi connectivity index (χ0) is 13.8. The molecule has 3 aromatic rings. The molecule has 0 saturated heterocycles. The van der Waals surface area contributed by atoms with Gasteiger partial charge in [0.2, 0.25) is 0 Å². The van der Waals surface area contributed by atoms with Crippen molar-refractivity contribution in [3.8, 4) is 5.69 Å². The van der Waals surface area contributed by atoms with Gasteiger partial charge in [-0.25, -0.2) is 0 Å². The highest BCUT2D eigenvalue weighted by Crippen LogP contribution is 2.06. The van der Waals surface area contributed by atoms with Gasteiger partial charge in [0.1, 0.15) is 0 Å². The molecule has 0 atom stereocenters. The van der Waals surface area contributed by atoms with Crippen LogP contribution in [0, 0.1) is 0 Å². The van der Waals surface area contributed by atoms with Crippen LogP contribution in [0.4, 0.5) is 0 Å². The fraction of sp³-hybridized carbons (Fsp3) is 0.125. The number of para-hydroxylation sites is 1. The number of nitrogens with zero attached hydrogens (tertiary/aromatic N) is 4. The van der Waals surface area contributed by atoms with Crippen molar-refractivity contribution in [2.45, 2.75) is 13.8 Å². The molecule has 21 heavy (non-hydrogen) atoms. The van der Waals surface area contributed by atoms with Crippen LogP contribution < -0.4 is 0 Å². The zero-order valence-corrected chi connectivity index (χ0v) is 10.7. The lowest BCUT2D eigenvalue weighted by Gasteiger charge is -1.97. The molecule has 106 valence electrons. The van der Waals surface area contributed by atoms with Crippen molar-refractivity contribution in [3.05, 3.63) is 72.1 Å². The highest BCUT2D eigenvalue weighted by Gasteiger charge is 2.11. The quantitative estimate of drug-likeness (QED) is 0.689. The Hall–Kier alpha value is -2.82. The molecule has 1 aromatic heterocycles. The maximum Gasteiger partial charge on any atom is 0.182 e. The molecule has 0 saturated carbocycles.